The lowest BCUT2D eigenvalue weighted by Crippen LogP contribution is -1.90. The number of ether oxygens (including phenoxy) is 1. The summed E-state index contributed by atoms with van der Waals surface area (Å²) in [6.45, 7) is 0. The molecule has 1 aromatic carbocycles. The van der Waals surface area contributed by atoms with Crippen LogP contribution in [0.3, 0.4) is 0 Å². The third-order valence-electron chi connectivity index (χ3n) is 1.65. The molecule has 2 N–H and O–H groups in total. The van der Waals surface area contributed by atoms with Gasteiger partial charge in [0.2, 0.25) is 0 Å². The summed E-state index contributed by atoms with van der Waals surface area (Å²) >= 11 is 0. The Kier molecular flexibility index (Phi) is 4.83. The monoisotopic (exact) mass is 214 g/mol. The molecule has 0 aliphatic carbocycles. The molecule has 0 aliphatic rings. The number of hydrogen-bond acceptors (Lipinski definition) is 3. The average Bonchev–Trinajstić information content (AvgIpc) is 2.17. The van der Waals surface area contributed by atoms with Gasteiger partial charge in [-0.3, -0.25) is 0 Å². The quantitative estimate of drug-likeness (QED) is 0.717. The van der Waals surface area contributed by atoms with Crippen LogP contribution in [0, 0.1) is 0 Å². The number of para-hydroxylation sites is 1. The van der Waals surface area contributed by atoms with Gasteiger partial charge in [0.1, 0.15) is 0 Å². The van der Waals surface area contributed by atoms with Gasteiger partial charge in [-0.25, -0.2) is 4.98 Å². The van der Waals surface area contributed by atoms with Gasteiger partial charge in [0.15, 0.2) is 0 Å². The maximum absolute atomic E-state index is 4.90. The molecule has 0 unspecified atom stereocenters. The summed E-state index contributed by atoms with van der Waals surface area (Å²) in [5.41, 5.74) is 0.907. The molecule has 0 bridgehead atoms. The Morgan fingerprint density at radius 1 is 1.21 bits per heavy atom. The van der Waals surface area contributed by atoms with Gasteiger partial charge in [0.25, 0.3) is 0 Å². The van der Waals surface area contributed by atoms with Crippen LogP contribution in [0.25, 0.3) is 10.9 Å². The molecule has 5 heteroatoms. The summed E-state index contributed by atoms with van der Waals surface area (Å²) < 4.78 is 4.90. The molecule has 14 heavy (non-hydrogen) atoms. The summed E-state index contributed by atoms with van der Waals surface area (Å²) in [5.74, 6) is 0. The van der Waals surface area contributed by atoms with E-state index in [1.54, 1.807) is 13.3 Å². The van der Waals surface area contributed by atoms with Crippen LogP contribution in [0.1, 0.15) is 0 Å². The van der Waals surface area contributed by atoms with Gasteiger partial charge in [-0.05, 0) is 6.07 Å². The van der Waals surface area contributed by atoms with Crippen molar-refractivity contribution in [1.29, 1.82) is 0 Å². The molecule has 1 aromatic heterocycles. The lowest BCUT2D eigenvalue weighted by atomic mass is 10.2. The third kappa shape index (κ3) is 2.31. The SMILES string of the molecule is COc1ncc2ccccc2n1.Cl.O. The first-order valence-electron chi connectivity index (χ1n) is 3.66. The Morgan fingerprint density at radius 3 is 2.64 bits per heavy atom. The minimum absolute atomic E-state index is 0. The van der Waals surface area contributed by atoms with E-state index in [0.717, 1.165) is 10.9 Å². The first-order valence-corrected chi connectivity index (χ1v) is 3.66. The van der Waals surface area contributed by atoms with Crippen LogP contribution in [0.4, 0.5) is 0 Å². The second-order valence-electron chi connectivity index (χ2n) is 2.42. The molecule has 0 atom stereocenters. The van der Waals surface area contributed by atoms with Crippen LogP contribution in [0.15, 0.2) is 30.5 Å². The van der Waals surface area contributed by atoms with Gasteiger partial charge >= 0.3 is 6.01 Å². The zero-order chi connectivity index (χ0) is 8.39. The largest absolute Gasteiger partial charge is 0.467 e. The molecule has 2 aromatic rings. The second kappa shape index (κ2) is 5.36. The number of rotatable bonds is 1. The number of halogens is 1. The molecular formula is C9H11ClN2O2. The molecule has 0 spiro atoms. The molecule has 0 fully saturated rings. The molecule has 76 valence electrons. The van der Waals surface area contributed by atoms with Crippen molar-refractivity contribution in [3.8, 4) is 6.01 Å². The van der Waals surface area contributed by atoms with E-state index in [0.29, 0.717) is 6.01 Å². The predicted octanol–water partition coefficient (Wildman–Crippen LogP) is 1.24. The molecule has 2 rings (SSSR count). The van der Waals surface area contributed by atoms with Crippen molar-refractivity contribution >= 4 is 23.3 Å². The van der Waals surface area contributed by atoms with Gasteiger partial charge in [0.05, 0.1) is 12.6 Å². The van der Waals surface area contributed by atoms with Gasteiger partial charge < -0.3 is 10.2 Å². The van der Waals surface area contributed by atoms with Crippen LogP contribution in [0.5, 0.6) is 6.01 Å². The number of nitrogens with zero attached hydrogens (tertiary/aromatic N) is 2. The van der Waals surface area contributed by atoms with Crippen molar-refractivity contribution in [3.63, 3.8) is 0 Å². The van der Waals surface area contributed by atoms with Crippen molar-refractivity contribution in [2.75, 3.05) is 7.11 Å². The van der Waals surface area contributed by atoms with E-state index in [9.17, 15) is 0 Å². The van der Waals surface area contributed by atoms with E-state index in [1.165, 1.54) is 0 Å². The Balaban J connectivity index is 0.000000845. The fourth-order valence-electron chi connectivity index (χ4n) is 1.05. The van der Waals surface area contributed by atoms with Crippen molar-refractivity contribution in [1.82, 2.24) is 9.97 Å². The Hall–Kier alpha value is -1.39. The molecule has 0 amide bonds. The zero-order valence-electron chi connectivity index (χ0n) is 7.60. The lowest BCUT2D eigenvalue weighted by molar-refractivity contribution is 0.382. The number of hydrogen-bond donors (Lipinski definition) is 0. The summed E-state index contributed by atoms with van der Waals surface area (Å²) in [4.78, 5) is 8.15. The van der Waals surface area contributed by atoms with E-state index >= 15 is 0 Å². The summed E-state index contributed by atoms with van der Waals surface area (Å²) in [5, 5.41) is 1.03. The minimum atomic E-state index is 0. The maximum Gasteiger partial charge on any atom is 0.316 e. The Bertz CT molecular complexity index is 409. The van der Waals surface area contributed by atoms with Crippen LogP contribution < -0.4 is 4.74 Å². The van der Waals surface area contributed by atoms with Crippen molar-refractivity contribution in [2.45, 2.75) is 0 Å². The zero-order valence-corrected chi connectivity index (χ0v) is 8.41. The van der Waals surface area contributed by atoms with E-state index in [-0.39, 0.29) is 17.9 Å². The van der Waals surface area contributed by atoms with Gasteiger partial charge in [-0.1, -0.05) is 18.2 Å². The minimum Gasteiger partial charge on any atom is -0.467 e. The van der Waals surface area contributed by atoms with E-state index in [1.807, 2.05) is 24.3 Å². The molecule has 0 radical (unpaired) electrons. The highest BCUT2D eigenvalue weighted by Crippen LogP contribution is 2.11. The predicted molar refractivity (Wildman–Crippen MR) is 57.0 cm³/mol. The Morgan fingerprint density at radius 2 is 1.93 bits per heavy atom. The molecule has 0 saturated heterocycles. The first-order chi connectivity index (χ1) is 5.90. The number of aromatic nitrogens is 2. The molecule has 0 saturated carbocycles. The highest BCUT2D eigenvalue weighted by Gasteiger charge is 1.96. The number of fused-ring (bicyclic) bond motifs is 1. The highest BCUT2D eigenvalue weighted by molar-refractivity contribution is 5.85. The molecule has 0 aliphatic heterocycles. The normalized spacial score (nSPS) is 8.64. The standard InChI is InChI=1S/C9H8N2O.ClH.H2O/c1-12-9-10-6-7-4-2-3-5-8(7)11-9;;/h2-6H,1H3;1H;1H2. The Labute approximate surface area is 87.7 Å². The van der Waals surface area contributed by atoms with Crippen molar-refractivity contribution in [3.05, 3.63) is 30.5 Å². The van der Waals surface area contributed by atoms with Crippen molar-refractivity contribution in [2.24, 2.45) is 0 Å². The smallest absolute Gasteiger partial charge is 0.316 e. The third-order valence-corrected chi connectivity index (χ3v) is 1.65. The first kappa shape index (κ1) is 12.6. The van der Waals surface area contributed by atoms with E-state index < -0.39 is 0 Å². The lowest BCUT2D eigenvalue weighted by Gasteiger charge is -1.98. The topological polar surface area (TPSA) is 66.5 Å². The molecule has 4 nitrogen and oxygen atoms in total. The summed E-state index contributed by atoms with van der Waals surface area (Å²) in [6.07, 6.45) is 1.75. The summed E-state index contributed by atoms with van der Waals surface area (Å²) in [6, 6.07) is 8.20. The van der Waals surface area contributed by atoms with Crippen LogP contribution >= 0.6 is 12.4 Å². The molecular weight excluding hydrogens is 204 g/mol. The second-order valence-corrected chi connectivity index (χ2v) is 2.42. The van der Waals surface area contributed by atoms with Crippen LogP contribution in [0.2, 0.25) is 0 Å². The van der Waals surface area contributed by atoms with Gasteiger partial charge in [-0.15, -0.1) is 12.4 Å². The number of benzene rings is 1. The highest BCUT2D eigenvalue weighted by atomic mass is 35.5. The molecule has 1 heterocycles. The fourth-order valence-corrected chi connectivity index (χ4v) is 1.05. The van der Waals surface area contributed by atoms with Gasteiger partial charge in [0, 0.05) is 11.6 Å². The maximum atomic E-state index is 4.90. The average molecular weight is 215 g/mol. The van der Waals surface area contributed by atoms with Crippen LogP contribution in [-0.4, -0.2) is 22.6 Å². The van der Waals surface area contributed by atoms with E-state index in [4.69, 9.17) is 4.74 Å². The fraction of sp³-hybridized carbons (Fsp3) is 0.111. The summed E-state index contributed by atoms with van der Waals surface area (Å²) in [7, 11) is 1.56. The van der Waals surface area contributed by atoms with E-state index in [2.05, 4.69) is 9.97 Å². The van der Waals surface area contributed by atoms with Crippen LogP contribution in [-0.2, 0) is 0 Å². The number of methoxy groups -OCH3 is 1. The van der Waals surface area contributed by atoms with Gasteiger partial charge in [-0.2, -0.15) is 4.98 Å². The van der Waals surface area contributed by atoms with Crippen molar-refractivity contribution < 1.29 is 10.2 Å².